The van der Waals surface area contributed by atoms with Crippen LogP contribution in [0.3, 0.4) is 0 Å². The zero-order chi connectivity index (χ0) is 24.6. The minimum Gasteiger partial charge on any atom is -0.321 e. The number of nitrogens with one attached hydrogen (secondary N) is 1. The maximum Gasteiger partial charge on any atom is 0.267 e. The molecule has 0 fully saturated rings. The van der Waals surface area contributed by atoms with Gasteiger partial charge in [0.1, 0.15) is 15.7 Å². The number of hydrogen-bond acceptors (Lipinski definition) is 5. The molecule has 8 heteroatoms. The van der Waals surface area contributed by atoms with Gasteiger partial charge >= 0.3 is 0 Å². The highest BCUT2D eigenvalue weighted by molar-refractivity contribution is 7.19. The first-order valence-electron chi connectivity index (χ1n) is 11.2. The van der Waals surface area contributed by atoms with Gasteiger partial charge in [-0.2, -0.15) is 0 Å². The predicted molar refractivity (Wildman–Crippen MR) is 144 cm³/mol. The van der Waals surface area contributed by atoms with Crippen molar-refractivity contribution in [3.05, 3.63) is 107 Å². The lowest BCUT2D eigenvalue weighted by atomic mass is 10.1. The molecular formula is C28H19FN4OS2. The Kier molecular flexibility index (Phi) is 5.67. The van der Waals surface area contributed by atoms with E-state index in [1.54, 1.807) is 18.2 Å². The Morgan fingerprint density at radius 3 is 2.39 bits per heavy atom. The van der Waals surface area contributed by atoms with Crippen LogP contribution in [0.15, 0.2) is 90.4 Å². The van der Waals surface area contributed by atoms with E-state index in [1.165, 1.54) is 28.7 Å². The van der Waals surface area contributed by atoms with Gasteiger partial charge in [-0.15, -0.1) is 11.3 Å². The van der Waals surface area contributed by atoms with Gasteiger partial charge in [-0.25, -0.2) is 14.4 Å². The van der Waals surface area contributed by atoms with Crippen LogP contribution in [0.2, 0.25) is 0 Å². The predicted octanol–water partition coefficient (Wildman–Crippen LogP) is 7.55. The summed E-state index contributed by atoms with van der Waals surface area (Å²) in [6.45, 7) is 1.92. The van der Waals surface area contributed by atoms with E-state index in [2.05, 4.69) is 10.3 Å². The quantitative estimate of drug-likeness (QED) is 0.260. The number of carbonyl (C=O) groups is 1. The number of amides is 1. The largest absolute Gasteiger partial charge is 0.321 e. The van der Waals surface area contributed by atoms with Gasteiger partial charge in [-0.05, 0) is 25.1 Å². The molecule has 3 aromatic carbocycles. The van der Waals surface area contributed by atoms with E-state index in [-0.39, 0.29) is 11.7 Å². The lowest BCUT2D eigenvalue weighted by molar-refractivity contribution is 0.102. The van der Waals surface area contributed by atoms with Crippen molar-refractivity contribution in [3.8, 4) is 33.1 Å². The van der Waals surface area contributed by atoms with Gasteiger partial charge in [0.25, 0.3) is 5.91 Å². The van der Waals surface area contributed by atoms with Gasteiger partial charge in [-0.1, -0.05) is 72.0 Å². The van der Waals surface area contributed by atoms with Crippen LogP contribution in [-0.4, -0.2) is 20.3 Å². The average Bonchev–Trinajstić information content (AvgIpc) is 3.62. The summed E-state index contributed by atoms with van der Waals surface area (Å²) in [7, 11) is 0. The molecule has 0 aliphatic rings. The first-order chi connectivity index (χ1) is 17.6. The number of carbonyl (C=O) groups excluding carboxylic acids is 1. The number of aromatic nitrogens is 3. The van der Waals surface area contributed by atoms with Crippen LogP contribution in [0.5, 0.6) is 0 Å². The standard InChI is InChI=1S/C28H19FN4OS2/c1-17-25(36-28-32-23(15-33(17)28)18-9-3-2-4-10-18)26(34)30-22-14-8-6-12-20(22)24-16-35-27(31-24)19-11-5-7-13-21(19)29/h2-16H,1H3,(H,30,34). The summed E-state index contributed by atoms with van der Waals surface area (Å²) < 4.78 is 16.2. The smallest absolute Gasteiger partial charge is 0.267 e. The zero-order valence-corrected chi connectivity index (χ0v) is 20.7. The number of fused-ring (bicyclic) bond motifs is 1. The van der Waals surface area contributed by atoms with Gasteiger partial charge in [0, 0.05) is 34.0 Å². The lowest BCUT2D eigenvalue weighted by Gasteiger charge is -2.09. The first-order valence-corrected chi connectivity index (χ1v) is 12.9. The second-order valence-corrected chi connectivity index (χ2v) is 10.0. The van der Waals surface area contributed by atoms with Crippen LogP contribution >= 0.6 is 22.7 Å². The number of aryl methyl sites for hydroxylation is 1. The van der Waals surface area contributed by atoms with Crippen LogP contribution in [0.4, 0.5) is 10.1 Å². The Morgan fingerprint density at radius 2 is 1.61 bits per heavy atom. The van der Waals surface area contributed by atoms with Crippen LogP contribution in [0.1, 0.15) is 15.4 Å². The van der Waals surface area contributed by atoms with Crippen molar-refractivity contribution in [1.82, 2.24) is 14.4 Å². The van der Waals surface area contributed by atoms with Crippen LogP contribution in [0.25, 0.3) is 38.0 Å². The zero-order valence-electron chi connectivity index (χ0n) is 19.1. The van der Waals surface area contributed by atoms with Gasteiger partial charge in [-0.3, -0.25) is 9.20 Å². The van der Waals surface area contributed by atoms with Gasteiger partial charge in [0.05, 0.1) is 17.1 Å². The third-order valence-electron chi connectivity index (χ3n) is 5.89. The molecule has 6 aromatic rings. The molecule has 0 atom stereocenters. The van der Waals surface area contributed by atoms with Crippen LogP contribution < -0.4 is 5.32 Å². The van der Waals surface area contributed by atoms with Crippen LogP contribution in [-0.2, 0) is 0 Å². The number of thiazole rings is 2. The molecule has 0 spiro atoms. The number of halogens is 1. The maximum absolute atomic E-state index is 14.3. The minimum atomic E-state index is -0.311. The molecule has 0 aliphatic heterocycles. The summed E-state index contributed by atoms with van der Waals surface area (Å²) in [6, 6.07) is 24.0. The molecule has 0 radical (unpaired) electrons. The summed E-state index contributed by atoms with van der Waals surface area (Å²) in [4.78, 5) is 24.0. The first kappa shape index (κ1) is 22.3. The van der Waals surface area contributed by atoms with E-state index in [0.29, 0.717) is 26.8 Å². The molecule has 0 saturated heterocycles. The second kappa shape index (κ2) is 9.14. The Labute approximate surface area is 214 Å². The molecule has 0 saturated carbocycles. The minimum absolute atomic E-state index is 0.207. The van der Waals surface area contributed by atoms with E-state index >= 15 is 0 Å². The molecule has 0 aliphatic carbocycles. The summed E-state index contributed by atoms with van der Waals surface area (Å²) in [5, 5.41) is 5.51. The normalized spacial score (nSPS) is 11.2. The number of nitrogens with zero attached hydrogens (tertiary/aromatic N) is 3. The molecule has 0 bridgehead atoms. The average molecular weight is 511 g/mol. The van der Waals surface area contributed by atoms with Crippen molar-refractivity contribution >= 4 is 39.2 Å². The molecule has 176 valence electrons. The molecule has 6 rings (SSSR count). The second-order valence-electron chi connectivity index (χ2n) is 8.18. The SMILES string of the molecule is Cc1c(C(=O)Nc2ccccc2-c2csc(-c3ccccc3F)n2)sc2nc(-c3ccccc3)cn12. The van der Waals surface area contributed by atoms with Gasteiger partial charge in [0.15, 0.2) is 4.96 Å². The molecule has 1 N–H and O–H groups in total. The molecule has 3 heterocycles. The molecule has 1 amide bonds. The third-order valence-corrected chi connectivity index (χ3v) is 7.92. The monoisotopic (exact) mass is 510 g/mol. The molecule has 3 aromatic heterocycles. The molecule has 36 heavy (non-hydrogen) atoms. The fourth-order valence-electron chi connectivity index (χ4n) is 4.06. The molecular weight excluding hydrogens is 491 g/mol. The fourth-order valence-corrected chi connectivity index (χ4v) is 5.91. The van der Waals surface area contributed by atoms with E-state index in [4.69, 9.17) is 4.98 Å². The Bertz CT molecular complexity index is 1720. The topological polar surface area (TPSA) is 59.3 Å². The van der Waals surface area contributed by atoms with E-state index in [1.807, 2.05) is 77.5 Å². The highest BCUT2D eigenvalue weighted by Crippen LogP contribution is 2.34. The van der Waals surface area contributed by atoms with Crippen molar-refractivity contribution < 1.29 is 9.18 Å². The Hall–Kier alpha value is -4.14. The maximum atomic E-state index is 14.3. The van der Waals surface area contributed by atoms with E-state index < -0.39 is 0 Å². The van der Waals surface area contributed by atoms with E-state index in [0.717, 1.165) is 27.5 Å². The number of benzene rings is 3. The fraction of sp³-hybridized carbons (Fsp3) is 0.0357. The number of para-hydroxylation sites is 1. The highest BCUT2D eigenvalue weighted by Gasteiger charge is 2.20. The molecule has 0 unspecified atom stereocenters. The van der Waals surface area contributed by atoms with Gasteiger partial charge in [0.2, 0.25) is 0 Å². The van der Waals surface area contributed by atoms with Crippen LogP contribution in [0, 0.1) is 12.7 Å². The number of imidazole rings is 1. The third kappa shape index (κ3) is 4.00. The Morgan fingerprint density at radius 1 is 0.889 bits per heavy atom. The van der Waals surface area contributed by atoms with E-state index in [9.17, 15) is 9.18 Å². The number of anilines is 1. The summed E-state index contributed by atoms with van der Waals surface area (Å²) in [6.07, 6.45) is 1.96. The Balaban J connectivity index is 1.29. The highest BCUT2D eigenvalue weighted by atomic mass is 32.1. The summed E-state index contributed by atoms with van der Waals surface area (Å²) in [5.41, 5.74) is 5.29. The van der Waals surface area contributed by atoms with Crippen molar-refractivity contribution in [3.63, 3.8) is 0 Å². The molecule has 5 nitrogen and oxygen atoms in total. The van der Waals surface area contributed by atoms with Crippen molar-refractivity contribution in [2.45, 2.75) is 6.92 Å². The number of hydrogen-bond donors (Lipinski definition) is 1. The number of rotatable bonds is 5. The summed E-state index contributed by atoms with van der Waals surface area (Å²) in [5.74, 6) is -0.519. The summed E-state index contributed by atoms with van der Waals surface area (Å²) >= 11 is 2.72. The van der Waals surface area contributed by atoms with Gasteiger partial charge < -0.3 is 5.32 Å². The van der Waals surface area contributed by atoms with Crippen molar-refractivity contribution in [2.75, 3.05) is 5.32 Å². The lowest BCUT2D eigenvalue weighted by Crippen LogP contribution is -2.12. The van der Waals surface area contributed by atoms with Crippen molar-refractivity contribution in [2.24, 2.45) is 0 Å². The van der Waals surface area contributed by atoms with Crippen molar-refractivity contribution in [1.29, 1.82) is 0 Å².